The summed E-state index contributed by atoms with van der Waals surface area (Å²) in [6, 6.07) is 2.24. The second-order valence-electron chi connectivity index (χ2n) is 4.75. The number of imidazole rings is 1. The Labute approximate surface area is 113 Å². The van der Waals surface area contributed by atoms with Crippen molar-refractivity contribution in [3.8, 4) is 0 Å². The van der Waals surface area contributed by atoms with Gasteiger partial charge < -0.3 is 14.6 Å². The predicted molar refractivity (Wildman–Crippen MR) is 74.1 cm³/mol. The largest absolute Gasteiger partial charge is 0.383 e. The third-order valence-corrected chi connectivity index (χ3v) is 2.93. The summed E-state index contributed by atoms with van der Waals surface area (Å²) in [5.74, 6) is 0.854. The van der Waals surface area contributed by atoms with E-state index < -0.39 is 0 Å². The standard InChI is InChI=1S/C13H21N5O/c1-10-8-18(11(2)9-19-4)13(15-10)14-7-12-5-6-17(3)16-12/h5-6,8,11H,7,9H2,1-4H3,(H,14,15). The van der Waals surface area contributed by atoms with E-state index in [2.05, 4.69) is 26.9 Å². The Hall–Kier alpha value is -1.82. The van der Waals surface area contributed by atoms with Crippen LogP contribution in [0.3, 0.4) is 0 Å². The van der Waals surface area contributed by atoms with Crippen LogP contribution in [0.1, 0.15) is 24.4 Å². The highest BCUT2D eigenvalue weighted by Gasteiger charge is 2.11. The second kappa shape index (κ2) is 5.88. The first-order chi connectivity index (χ1) is 9.10. The van der Waals surface area contributed by atoms with Gasteiger partial charge in [-0.2, -0.15) is 5.10 Å². The molecule has 0 radical (unpaired) electrons. The van der Waals surface area contributed by atoms with Crippen molar-refractivity contribution in [2.75, 3.05) is 19.0 Å². The highest BCUT2D eigenvalue weighted by atomic mass is 16.5. The van der Waals surface area contributed by atoms with Crippen LogP contribution in [0.15, 0.2) is 18.5 Å². The highest BCUT2D eigenvalue weighted by molar-refractivity contribution is 5.30. The van der Waals surface area contributed by atoms with Crippen molar-refractivity contribution < 1.29 is 4.74 Å². The molecule has 6 heteroatoms. The molecule has 0 aliphatic carbocycles. The Bertz CT molecular complexity index is 531. The first kappa shape index (κ1) is 13.6. The van der Waals surface area contributed by atoms with Crippen LogP contribution >= 0.6 is 0 Å². The van der Waals surface area contributed by atoms with Crippen LogP contribution in [-0.4, -0.2) is 33.0 Å². The minimum absolute atomic E-state index is 0.248. The lowest BCUT2D eigenvalue weighted by atomic mass is 10.3. The van der Waals surface area contributed by atoms with Gasteiger partial charge in [-0.15, -0.1) is 0 Å². The SMILES string of the molecule is COCC(C)n1cc(C)nc1NCc1ccn(C)n1. The Morgan fingerprint density at radius 3 is 2.89 bits per heavy atom. The number of ether oxygens (including phenoxy) is 1. The maximum Gasteiger partial charge on any atom is 0.203 e. The fourth-order valence-electron chi connectivity index (χ4n) is 2.03. The number of nitrogens with one attached hydrogen (secondary N) is 1. The summed E-state index contributed by atoms with van der Waals surface area (Å²) in [6.07, 6.45) is 3.97. The van der Waals surface area contributed by atoms with Gasteiger partial charge in [-0.1, -0.05) is 0 Å². The molecule has 19 heavy (non-hydrogen) atoms. The van der Waals surface area contributed by atoms with Gasteiger partial charge in [0.15, 0.2) is 0 Å². The summed E-state index contributed by atoms with van der Waals surface area (Å²) in [7, 11) is 3.62. The van der Waals surface area contributed by atoms with Crippen molar-refractivity contribution in [1.29, 1.82) is 0 Å². The summed E-state index contributed by atoms with van der Waals surface area (Å²) in [4.78, 5) is 4.50. The van der Waals surface area contributed by atoms with Gasteiger partial charge in [0.1, 0.15) is 0 Å². The Morgan fingerprint density at radius 2 is 2.26 bits per heavy atom. The van der Waals surface area contributed by atoms with Gasteiger partial charge in [0.2, 0.25) is 5.95 Å². The number of aromatic nitrogens is 4. The van der Waals surface area contributed by atoms with E-state index >= 15 is 0 Å². The molecule has 1 N–H and O–H groups in total. The Balaban J connectivity index is 2.07. The highest BCUT2D eigenvalue weighted by Crippen LogP contribution is 2.16. The quantitative estimate of drug-likeness (QED) is 0.862. The van der Waals surface area contributed by atoms with Gasteiger partial charge >= 0.3 is 0 Å². The van der Waals surface area contributed by atoms with Crippen LogP contribution in [-0.2, 0) is 18.3 Å². The molecule has 0 aliphatic heterocycles. The van der Waals surface area contributed by atoms with Crippen molar-refractivity contribution in [1.82, 2.24) is 19.3 Å². The Morgan fingerprint density at radius 1 is 1.47 bits per heavy atom. The molecule has 0 saturated carbocycles. The molecule has 0 fully saturated rings. The van der Waals surface area contributed by atoms with Crippen molar-refractivity contribution in [3.63, 3.8) is 0 Å². The number of rotatable bonds is 6. The zero-order valence-corrected chi connectivity index (χ0v) is 11.9. The molecular weight excluding hydrogens is 242 g/mol. The van der Waals surface area contributed by atoms with Gasteiger partial charge in [-0.05, 0) is 19.9 Å². The van der Waals surface area contributed by atoms with Gasteiger partial charge in [0, 0.05) is 26.6 Å². The van der Waals surface area contributed by atoms with E-state index in [1.807, 2.05) is 32.4 Å². The molecule has 0 bridgehead atoms. The molecule has 0 saturated heterocycles. The van der Waals surface area contributed by atoms with Crippen LogP contribution in [0, 0.1) is 6.92 Å². The van der Waals surface area contributed by atoms with E-state index in [0.717, 1.165) is 17.3 Å². The molecule has 1 atom stereocenters. The first-order valence-electron chi connectivity index (χ1n) is 6.37. The van der Waals surface area contributed by atoms with Crippen LogP contribution in [0.25, 0.3) is 0 Å². The summed E-state index contributed by atoms with van der Waals surface area (Å²) in [6.45, 7) is 5.42. The molecule has 6 nitrogen and oxygen atoms in total. The van der Waals surface area contributed by atoms with Gasteiger partial charge in [0.25, 0.3) is 0 Å². The van der Waals surface area contributed by atoms with Crippen LogP contribution < -0.4 is 5.32 Å². The van der Waals surface area contributed by atoms with Crippen molar-refractivity contribution >= 4 is 5.95 Å². The van der Waals surface area contributed by atoms with E-state index in [9.17, 15) is 0 Å². The van der Waals surface area contributed by atoms with Gasteiger partial charge in [-0.3, -0.25) is 4.68 Å². The normalized spacial score (nSPS) is 12.6. The van der Waals surface area contributed by atoms with Crippen LogP contribution in [0.2, 0.25) is 0 Å². The molecule has 2 rings (SSSR count). The van der Waals surface area contributed by atoms with Crippen molar-refractivity contribution in [2.24, 2.45) is 7.05 Å². The lowest BCUT2D eigenvalue weighted by molar-refractivity contribution is 0.163. The molecular formula is C13H21N5O. The monoisotopic (exact) mass is 263 g/mol. The van der Waals surface area contributed by atoms with Crippen molar-refractivity contribution in [3.05, 3.63) is 29.8 Å². The molecule has 2 aromatic rings. The third kappa shape index (κ3) is 3.35. The van der Waals surface area contributed by atoms with Gasteiger partial charge in [-0.25, -0.2) is 4.98 Å². The zero-order valence-electron chi connectivity index (χ0n) is 11.9. The van der Waals surface area contributed by atoms with E-state index in [1.165, 1.54) is 0 Å². The maximum absolute atomic E-state index is 5.20. The molecule has 104 valence electrons. The average Bonchev–Trinajstić information content (AvgIpc) is 2.93. The van der Waals surface area contributed by atoms with E-state index in [-0.39, 0.29) is 6.04 Å². The van der Waals surface area contributed by atoms with E-state index in [0.29, 0.717) is 13.2 Å². The second-order valence-corrected chi connectivity index (χ2v) is 4.75. The molecule has 1 unspecified atom stereocenters. The summed E-state index contributed by atoms with van der Waals surface area (Å²) >= 11 is 0. The third-order valence-electron chi connectivity index (χ3n) is 2.93. The molecule has 2 heterocycles. The molecule has 0 spiro atoms. The lowest BCUT2D eigenvalue weighted by Crippen LogP contribution is -2.14. The summed E-state index contributed by atoms with van der Waals surface area (Å²) < 4.78 is 9.09. The lowest BCUT2D eigenvalue weighted by Gasteiger charge is -2.15. The summed E-state index contributed by atoms with van der Waals surface area (Å²) in [5.41, 5.74) is 1.99. The topological polar surface area (TPSA) is 56.9 Å². The fourth-order valence-corrected chi connectivity index (χ4v) is 2.03. The van der Waals surface area contributed by atoms with E-state index in [1.54, 1.807) is 11.8 Å². The molecule has 2 aromatic heterocycles. The minimum Gasteiger partial charge on any atom is -0.383 e. The fraction of sp³-hybridized carbons (Fsp3) is 0.538. The number of methoxy groups -OCH3 is 1. The molecule has 0 amide bonds. The zero-order chi connectivity index (χ0) is 13.8. The first-order valence-corrected chi connectivity index (χ1v) is 6.37. The number of anilines is 1. The van der Waals surface area contributed by atoms with Crippen LogP contribution in [0.4, 0.5) is 5.95 Å². The minimum atomic E-state index is 0.248. The van der Waals surface area contributed by atoms with E-state index in [4.69, 9.17) is 4.74 Å². The number of hydrogen-bond donors (Lipinski definition) is 1. The average molecular weight is 263 g/mol. The predicted octanol–water partition coefficient (Wildman–Crippen LogP) is 1.74. The van der Waals surface area contributed by atoms with Gasteiger partial charge in [0.05, 0.1) is 30.6 Å². The molecule has 0 aromatic carbocycles. The number of nitrogens with zero attached hydrogens (tertiary/aromatic N) is 4. The summed E-state index contributed by atoms with van der Waals surface area (Å²) in [5, 5.41) is 7.66. The molecule has 0 aliphatic rings. The van der Waals surface area contributed by atoms with Crippen LogP contribution in [0.5, 0.6) is 0 Å². The maximum atomic E-state index is 5.20. The Kier molecular flexibility index (Phi) is 4.21. The van der Waals surface area contributed by atoms with Crippen molar-refractivity contribution in [2.45, 2.75) is 26.4 Å². The number of aryl methyl sites for hydroxylation is 2. The number of hydrogen-bond acceptors (Lipinski definition) is 4. The smallest absolute Gasteiger partial charge is 0.203 e.